The summed E-state index contributed by atoms with van der Waals surface area (Å²) >= 11 is 0. The van der Waals surface area contributed by atoms with Crippen LogP contribution in [0, 0.1) is 5.92 Å². The van der Waals surface area contributed by atoms with Gasteiger partial charge in [0.25, 0.3) is 0 Å². The maximum absolute atomic E-state index is 10.3. The molecule has 0 aliphatic carbocycles. The number of hydrogen-bond acceptors (Lipinski definition) is 1. The average molecular weight is 282 g/mol. The molecule has 2 nitrogen and oxygen atoms in total. The molecule has 0 saturated carbocycles. The number of aliphatic carboxylic acids is 1. The summed E-state index contributed by atoms with van der Waals surface area (Å²) in [6.07, 6.45) is 18.4. The summed E-state index contributed by atoms with van der Waals surface area (Å²) in [4.78, 5) is 10.3. The molecule has 0 fully saturated rings. The molecule has 0 radical (unpaired) electrons. The Kier molecular flexibility index (Phi) is 14.0. The molecular weight excluding hydrogens is 248 g/mol. The van der Waals surface area contributed by atoms with Crippen LogP contribution in [-0.4, -0.2) is 11.1 Å². The van der Waals surface area contributed by atoms with E-state index in [2.05, 4.69) is 26.0 Å². The van der Waals surface area contributed by atoms with E-state index in [4.69, 9.17) is 5.11 Å². The lowest BCUT2D eigenvalue weighted by molar-refractivity contribution is -0.137. The molecule has 0 bridgehead atoms. The van der Waals surface area contributed by atoms with Crippen LogP contribution in [-0.2, 0) is 4.79 Å². The van der Waals surface area contributed by atoms with E-state index in [-0.39, 0.29) is 0 Å². The Morgan fingerprint density at radius 1 is 0.850 bits per heavy atom. The summed E-state index contributed by atoms with van der Waals surface area (Å²) in [6, 6.07) is 0. The van der Waals surface area contributed by atoms with Gasteiger partial charge in [0.2, 0.25) is 0 Å². The number of rotatable bonds is 14. The van der Waals surface area contributed by atoms with E-state index in [9.17, 15) is 4.79 Å². The standard InChI is InChI=1S/C18H34O2/c1-17(2)15-13-11-9-7-5-3-4-6-8-10-12-14-16-18(19)20/h4,6,17H,3,5,7-16H2,1-2H3,(H,19,20)/b6-4+. The van der Waals surface area contributed by atoms with Crippen molar-refractivity contribution in [2.75, 3.05) is 0 Å². The molecular formula is C18H34O2. The van der Waals surface area contributed by atoms with Crippen LogP contribution < -0.4 is 0 Å². The van der Waals surface area contributed by atoms with Crippen LogP contribution in [0.2, 0.25) is 0 Å². The van der Waals surface area contributed by atoms with Crippen LogP contribution in [0.3, 0.4) is 0 Å². The quantitative estimate of drug-likeness (QED) is 0.315. The van der Waals surface area contributed by atoms with Gasteiger partial charge in [-0.2, -0.15) is 0 Å². The number of carboxylic acid groups (broad SMARTS) is 1. The van der Waals surface area contributed by atoms with E-state index in [0.717, 1.165) is 31.6 Å². The highest BCUT2D eigenvalue weighted by molar-refractivity contribution is 5.66. The highest BCUT2D eigenvalue weighted by Gasteiger charge is 1.95. The topological polar surface area (TPSA) is 37.3 Å². The molecule has 0 aliphatic rings. The van der Waals surface area contributed by atoms with Gasteiger partial charge >= 0.3 is 5.97 Å². The van der Waals surface area contributed by atoms with Gasteiger partial charge in [-0.25, -0.2) is 0 Å². The smallest absolute Gasteiger partial charge is 0.303 e. The maximum atomic E-state index is 10.3. The van der Waals surface area contributed by atoms with Crippen LogP contribution in [0.1, 0.15) is 90.9 Å². The normalized spacial score (nSPS) is 11.6. The van der Waals surface area contributed by atoms with E-state index in [1.54, 1.807) is 0 Å². The Hall–Kier alpha value is -0.790. The highest BCUT2D eigenvalue weighted by atomic mass is 16.4. The Morgan fingerprint density at radius 3 is 1.90 bits per heavy atom. The third kappa shape index (κ3) is 17.2. The Bertz CT molecular complexity index is 244. The number of carbonyl (C=O) groups is 1. The summed E-state index contributed by atoms with van der Waals surface area (Å²) in [5.41, 5.74) is 0. The lowest BCUT2D eigenvalue weighted by atomic mass is 10.0. The van der Waals surface area contributed by atoms with Crippen molar-refractivity contribution in [3.05, 3.63) is 12.2 Å². The van der Waals surface area contributed by atoms with Crippen molar-refractivity contribution >= 4 is 5.97 Å². The first kappa shape index (κ1) is 19.2. The van der Waals surface area contributed by atoms with Gasteiger partial charge in [0.15, 0.2) is 0 Å². The zero-order chi connectivity index (χ0) is 15.1. The van der Waals surface area contributed by atoms with Crippen molar-refractivity contribution in [1.29, 1.82) is 0 Å². The van der Waals surface area contributed by atoms with Crippen molar-refractivity contribution in [3.63, 3.8) is 0 Å². The molecule has 0 amide bonds. The molecule has 0 spiro atoms. The van der Waals surface area contributed by atoms with Gasteiger partial charge < -0.3 is 5.11 Å². The summed E-state index contributed by atoms with van der Waals surface area (Å²) in [7, 11) is 0. The zero-order valence-corrected chi connectivity index (χ0v) is 13.6. The monoisotopic (exact) mass is 282 g/mol. The first-order valence-corrected chi connectivity index (χ1v) is 8.49. The molecule has 0 saturated heterocycles. The Labute approximate surface area is 125 Å². The SMILES string of the molecule is CC(C)CCCCCCC/C=C/CCCCCC(=O)O. The first-order chi connectivity index (χ1) is 9.63. The van der Waals surface area contributed by atoms with Crippen LogP contribution >= 0.6 is 0 Å². The van der Waals surface area contributed by atoms with Crippen LogP contribution in [0.15, 0.2) is 12.2 Å². The minimum Gasteiger partial charge on any atom is -0.481 e. The van der Waals surface area contributed by atoms with Crippen molar-refractivity contribution in [2.24, 2.45) is 5.92 Å². The molecule has 20 heavy (non-hydrogen) atoms. The first-order valence-electron chi connectivity index (χ1n) is 8.49. The summed E-state index contributed by atoms with van der Waals surface area (Å²) < 4.78 is 0. The average Bonchev–Trinajstić information content (AvgIpc) is 2.38. The van der Waals surface area contributed by atoms with Gasteiger partial charge in [0.1, 0.15) is 0 Å². The fraction of sp³-hybridized carbons (Fsp3) is 0.833. The molecule has 0 aromatic heterocycles. The molecule has 0 aromatic rings. The van der Waals surface area contributed by atoms with E-state index >= 15 is 0 Å². The van der Waals surface area contributed by atoms with Gasteiger partial charge in [-0.05, 0) is 38.0 Å². The van der Waals surface area contributed by atoms with E-state index in [0.29, 0.717) is 6.42 Å². The summed E-state index contributed by atoms with van der Waals surface area (Å²) in [5, 5.41) is 8.50. The minimum absolute atomic E-state index is 0.320. The molecule has 0 atom stereocenters. The molecule has 0 heterocycles. The lowest BCUT2D eigenvalue weighted by Gasteiger charge is -2.03. The maximum Gasteiger partial charge on any atom is 0.303 e. The van der Waals surface area contributed by atoms with Crippen molar-refractivity contribution in [3.8, 4) is 0 Å². The van der Waals surface area contributed by atoms with Crippen LogP contribution in [0.4, 0.5) is 0 Å². The number of hydrogen-bond donors (Lipinski definition) is 1. The number of unbranched alkanes of at least 4 members (excludes halogenated alkanes) is 8. The predicted molar refractivity (Wildman–Crippen MR) is 87.0 cm³/mol. The van der Waals surface area contributed by atoms with E-state index in [1.165, 1.54) is 44.9 Å². The molecule has 0 aliphatic heterocycles. The van der Waals surface area contributed by atoms with Gasteiger partial charge in [0.05, 0.1) is 0 Å². The minimum atomic E-state index is -0.672. The number of carboxylic acids is 1. The second-order valence-corrected chi connectivity index (χ2v) is 6.20. The van der Waals surface area contributed by atoms with Gasteiger partial charge in [-0.1, -0.05) is 64.5 Å². The highest BCUT2D eigenvalue weighted by Crippen LogP contribution is 2.11. The number of allylic oxidation sites excluding steroid dienone is 2. The third-order valence-electron chi connectivity index (χ3n) is 3.58. The van der Waals surface area contributed by atoms with E-state index in [1.807, 2.05) is 0 Å². The molecule has 0 aromatic carbocycles. The fourth-order valence-corrected chi connectivity index (χ4v) is 2.30. The third-order valence-corrected chi connectivity index (χ3v) is 3.58. The van der Waals surface area contributed by atoms with E-state index < -0.39 is 5.97 Å². The van der Waals surface area contributed by atoms with Gasteiger partial charge in [0, 0.05) is 6.42 Å². The predicted octanol–water partition coefficient (Wildman–Crippen LogP) is 5.96. The lowest BCUT2D eigenvalue weighted by Crippen LogP contribution is -1.93. The Morgan fingerprint density at radius 2 is 1.35 bits per heavy atom. The molecule has 1 N–H and O–H groups in total. The second kappa shape index (κ2) is 14.6. The fourth-order valence-electron chi connectivity index (χ4n) is 2.30. The van der Waals surface area contributed by atoms with Crippen molar-refractivity contribution in [2.45, 2.75) is 90.9 Å². The molecule has 0 rings (SSSR count). The van der Waals surface area contributed by atoms with Crippen LogP contribution in [0.5, 0.6) is 0 Å². The zero-order valence-electron chi connectivity index (χ0n) is 13.6. The molecule has 0 unspecified atom stereocenters. The molecule has 2 heteroatoms. The van der Waals surface area contributed by atoms with Crippen molar-refractivity contribution < 1.29 is 9.90 Å². The van der Waals surface area contributed by atoms with Gasteiger partial charge in [-0.15, -0.1) is 0 Å². The van der Waals surface area contributed by atoms with Gasteiger partial charge in [-0.3, -0.25) is 4.79 Å². The summed E-state index contributed by atoms with van der Waals surface area (Å²) in [6.45, 7) is 4.60. The Balaban J connectivity index is 3.10. The largest absolute Gasteiger partial charge is 0.481 e. The second-order valence-electron chi connectivity index (χ2n) is 6.20. The van der Waals surface area contributed by atoms with Crippen molar-refractivity contribution in [1.82, 2.24) is 0 Å². The van der Waals surface area contributed by atoms with Crippen LogP contribution in [0.25, 0.3) is 0 Å². The summed E-state index contributed by atoms with van der Waals surface area (Å²) in [5.74, 6) is 0.183. The molecule has 118 valence electrons.